The third-order valence-corrected chi connectivity index (χ3v) is 9.05. The van der Waals surface area contributed by atoms with Crippen LogP contribution < -0.4 is 0 Å². The molecule has 1 aromatic rings. The summed E-state index contributed by atoms with van der Waals surface area (Å²) in [4.78, 5) is 11.1. The molecule has 2 aliphatic heterocycles. The van der Waals surface area contributed by atoms with Gasteiger partial charge in [-0.05, 0) is 31.9 Å². The van der Waals surface area contributed by atoms with Crippen LogP contribution in [0.25, 0.3) is 0 Å². The Bertz CT molecular complexity index is 1010. The first-order valence-electron chi connectivity index (χ1n) is 9.87. The van der Waals surface area contributed by atoms with Crippen LogP contribution in [0, 0.1) is 6.92 Å². The SMILES string of the molecule is Cc1ccc(CN2CC[C@@H]3[C@H](CC2)N(S(C)(=O)=O)CCS3(=O)=O)cc1.O=C(O)C(F)(F)F. The van der Waals surface area contributed by atoms with Crippen LogP contribution in [-0.2, 0) is 31.2 Å². The second kappa shape index (κ2) is 10.1. The van der Waals surface area contributed by atoms with Gasteiger partial charge in [0.05, 0.1) is 17.3 Å². The predicted octanol–water partition coefficient (Wildman–Crippen LogP) is 1.65. The van der Waals surface area contributed by atoms with Gasteiger partial charge in [0, 0.05) is 25.7 Å². The lowest BCUT2D eigenvalue weighted by Gasteiger charge is -2.38. The summed E-state index contributed by atoms with van der Waals surface area (Å²) in [7, 11) is -6.63. The Morgan fingerprint density at radius 2 is 1.66 bits per heavy atom. The van der Waals surface area contributed by atoms with E-state index in [2.05, 4.69) is 29.2 Å². The molecule has 0 radical (unpaired) electrons. The van der Waals surface area contributed by atoms with Crippen LogP contribution in [0.5, 0.6) is 0 Å². The number of carboxylic acid groups (broad SMARTS) is 1. The lowest BCUT2D eigenvalue weighted by atomic mass is 10.1. The van der Waals surface area contributed by atoms with Gasteiger partial charge in [0.25, 0.3) is 0 Å². The van der Waals surface area contributed by atoms with Crippen LogP contribution in [0.15, 0.2) is 24.3 Å². The first-order chi connectivity index (χ1) is 14.6. The molecule has 3 rings (SSSR count). The molecule has 0 bridgehead atoms. The number of sulfone groups is 1. The molecule has 2 atom stereocenters. The molecule has 2 saturated heterocycles. The molecule has 1 aromatic carbocycles. The second-order valence-corrected chi connectivity index (χ2v) is 12.3. The molecule has 2 heterocycles. The number of rotatable bonds is 3. The first-order valence-corrected chi connectivity index (χ1v) is 13.4. The fourth-order valence-corrected chi connectivity index (χ4v) is 7.26. The first kappa shape index (κ1) is 26.6. The van der Waals surface area contributed by atoms with E-state index in [0.717, 1.165) is 6.54 Å². The topological polar surface area (TPSA) is 112 Å². The molecular formula is C19H27F3N2O6S2. The number of alkyl halides is 3. The smallest absolute Gasteiger partial charge is 0.475 e. The molecule has 0 saturated carbocycles. The number of benzene rings is 1. The van der Waals surface area contributed by atoms with Crippen molar-refractivity contribution in [2.45, 2.75) is 43.8 Å². The van der Waals surface area contributed by atoms with Gasteiger partial charge in [0.15, 0.2) is 9.84 Å². The minimum Gasteiger partial charge on any atom is -0.475 e. The molecule has 0 spiro atoms. The molecule has 1 N–H and O–H groups in total. The molecule has 13 heteroatoms. The summed E-state index contributed by atoms with van der Waals surface area (Å²) in [5, 5.41) is 6.54. The minimum absolute atomic E-state index is 0.0702. The van der Waals surface area contributed by atoms with Crippen LogP contribution in [0.2, 0.25) is 0 Å². The summed E-state index contributed by atoms with van der Waals surface area (Å²) in [6.07, 6.45) is -2.86. The summed E-state index contributed by atoms with van der Waals surface area (Å²) in [6.45, 7) is 4.27. The largest absolute Gasteiger partial charge is 0.490 e. The Morgan fingerprint density at radius 1 is 1.12 bits per heavy atom. The van der Waals surface area contributed by atoms with Gasteiger partial charge in [-0.25, -0.2) is 21.6 Å². The summed E-state index contributed by atoms with van der Waals surface area (Å²) in [5.41, 5.74) is 2.40. The molecule has 32 heavy (non-hydrogen) atoms. The number of carboxylic acids is 1. The number of hydrogen-bond acceptors (Lipinski definition) is 6. The van der Waals surface area contributed by atoms with Gasteiger partial charge in [0.2, 0.25) is 10.0 Å². The van der Waals surface area contributed by atoms with E-state index < -0.39 is 43.3 Å². The van der Waals surface area contributed by atoms with Crippen LogP contribution in [0.1, 0.15) is 24.0 Å². The fraction of sp³-hybridized carbons (Fsp3) is 0.632. The van der Waals surface area contributed by atoms with E-state index in [0.29, 0.717) is 25.9 Å². The zero-order chi connectivity index (χ0) is 24.3. The van der Waals surface area contributed by atoms with E-state index in [1.165, 1.54) is 21.7 Å². The highest BCUT2D eigenvalue weighted by atomic mass is 32.2. The van der Waals surface area contributed by atoms with Gasteiger partial charge in [-0.2, -0.15) is 17.5 Å². The van der Waals surface area contributed by atoms with Crippen LogP contribution in [-0.4, -0.2) is 86.2 Å². The van der Waals surface area contributed by atoms with Crippen molar-refractivity contribution >= 4 is 25.8 Å². The summed E-state index contributed by atoms with van der Waals surface area (Å²) in [5.74, 6) is -2.83. The molecular weight excluding hydrogens is 473 g/mol. The van der Waals surface area contributed by atoms with E-state index in [1.54, 1.807) is 0 Å². The van der Waals surface area contributed by atoms with Gasteiger partial charge in [0.1, 0.15) is 0 Å². The Kier molecular flexibility index (Phi) is 8.35. The highest BCUT2D eigenvalue weighted by Crippen LogP contribution is 2.30. The molecule has 2 aliphatic rings. The molecule has 0 aliphatic carbocycles. The molecule has 0 amide bonds. The van der Waals surface area contributed by atoms with Crippen LogP contribution in [0.4, 0.5) is 13.2 Å². The van der Waals surface area contributed by atoms with Crippen LogP contribution >= 0.6 is 0 Å². The van der Waals surface area contributed by atoms with Crippen molar-refractivity contribution in [1.82, 2.24) is 9.21 Å². The average molecular weight is 501 g/mol. The zero-order valence-electron chi connectivity index (χ0n) is 17.7. The van der Waals surface area contributed by atoms with Crippen LogP contribution in [0.3, 0.4) is 0 Å². The summed E-state index contributed by atoms with van der Waals surface area (Å²) in [6, 6.07) is 7.89. The number of sulfonamides is 1. The number of aryl methyl sites for hydroxylation is 1. The molecule has 0 unspecified atom stereocenters. The maximum absolute atomic E-state index is 12.5. The van der Waals surface area contributed by atoms with Gasteiger partial charge in [-0.3, -0.25) is 4.90 Å². The normalized spacial score (nSPS) is 24.5. The van der Waals surface area contributed by atoms with E-state index in [9.17, 15) is 30.0 Å². The van der Waals surface area contributed by atoms with E-state index in [4.69, 9.17) is 9.90 Å². The summed E-state index contributed by atoms with van der Waals surface area (Å²) < 4.78 is 82.3. The highest BCUT2D eigenvalue weighted by Gasteiger charge is 2.45. The second-order valence-electron chi connectivity index (χ2n) is 7.99. The van der Waals surface area contributed by atoms with E-state index >= 15 is 0 Å². The van der Waals surface area contributed by atoms with Crippen molar-refractivity contribution in [3.63, 3.8) is 0 Å². The minimum atomic E-state index is -5.08. The van der Waals surface area contributed by atoms with Crippen molar-refractivity contribution in [3.05, 3.63) is 35.4 Å². The number of hydrogen-bond donors (Lipinski definition) is 1. The standard InChI is InChI=1S/C17H26N2O4S2.C2HF3O2/c1-14-3-5-15(6-4-14)13-18-9-7-16-17(8-10-18)25(22,23)12-11-19(16)24(2,20)21;3-2(4,5)1(6)7/h3-6,16-17H,7-13H2,1-2H3;(H,6,7)/t16-,17+;/m0./s1. The monoisotopic (exact) mass is 500 g/mol. The summed E-state index contributed by atoms with van der Waals surface area (Å²) >= 11 is 0. The Labute approximate surface area is 186 Å². The zero-order valence-corrected chi connectivity index (χ0v) is 19.4. The predicted molar refractivity (Wildman–Crippen MR) is 112 cm³/mol. The van der Waals surface area contributed by atoms with E-state index in [1.807, 2.05) is 6.92 Å². The molecule has 8 nitrogen and oxygen atoms in total. The number of likely N-dealkylation sites (tertiary alicyclic amines) is 1. The van der Waals surface area contributed by atoms with Gasteiger partial charge < -0.3 is 5.11 Å². The number of carbonyl (C=O) groups is 1. The Balaban J connectivity index is 0.000000451. The molecule has 0 aromatic heterocycles. The number of nitrogens with zero attached hydrogens (tertiary/aromatic N) is 2. The van der Waals surface area contributed by atoms with E-state index in [-0.39, 0.29) is 12.3 Å². The van der Waals surface area contributed by atoms with Crippen molar-refractivity contribution in [2.24, 2.45) is 0 Å². The third kappa shape index (κ3) is 7.15. The molecule has 2 fully saturated rings. The number of halogens is 3. The highest BCUT2D eigenvalue weighted by molar-refractivity contribution is 7.92. The van der Waals surface area contributed by atoms with Gasteiger partial charge in [-0.15, -0.1) is 0 Å². The number of fused-ring (bicyclic) bond motifs is 1. The third-order valence-electron chi connectivity index (χ3n) is 5.52. The lowest BCUT2D eigenvalue weighted by molar-refractivity contribution is -0.192. The average Bonchev–Trinajstić information content (AvgIpc) is 2.86. The maximum Gasteiger partial charge on any atom is 0.490 e. The molecule has 182 valence electrons. The maximum atomic E-state index is 12.5. The fourth-order valence-electron chi connectivity index (χ4n) is 3.92. The number of aliphatic carboxylic acids is 1. The van der Waals surface area contributed by atoms with Gasteiger partial charge in [-0.1, -0.05) is 29.8 Å². The van der Waals surface area contributed by atoms with Crippen molar-refractivity contribution in [2.75, 3.05) is 31.6 Å². The van der Waals surface area contributed by atoms with Gasteiger partial charge >= 0.3 is 12.1 Å². The lowest BCUT2D eigenvalue weighted by Crippen LogP contribution is -2.56. The van der Waals surface area contributed by atoms with Crippen molar-refractivity contribution in [3.8, 4) is 0 Å². The van der Waals surface area contributed by atoms with Crippen molar-refractivity contribution < 1.29 is 39.9 Å². The Hall–Kier alpha value is -1.70. The Morgan fingerprint density at radius 3 is 2.16 bits per heavy atom. The van der Waals surface area contributed by atoms with Crippen molar-refractivity contribution in [1.29, 1.82) is 0 Å². The quantitative estimate of drug-likeness (QED) is 0.672.